The third kappa shape index (κ3) is 5.96. The lowest BCUT2D eigenvalue weighted by molar-refractivity contribution is -0.118. The summed E-state index contributed by atoms with van der Waals surface area (Å²) in [6, 6.07) is 15.8. The van der Waals surface area contributed by atoms with Gasteiger partial charge in [-0.1, -0.05) is 82.7 Å². The second-order valence-electron chi connectivity index (χ2n) is 11.0. The van der Waals surface area contributed by atoms with E-state index in [2.05, 4.69) is 51.4 Å². The van der Waals surface area contributed by atoms with Gasteiger partial charge in [-0.2, -0.15) is 5.26 Å². The lowest BCUT2D eigenvalue weighted by Gasteiger charge is -2.42. The number of amides is 1. The Balaban J connectivity index is 1.46. The Morgan fingerprint density at radius 1 is 1.24 bits per heavy atom. The maximum absolute atomic E-state index is 13.7. The first-order valence-corrected chi connectivity index (χ1v) is 15.6. The summed E-state index contributed by atoms with van der Waals surface area (Å²) >= 11 is 5.98. The summed E-state index contributed by atoms with van der Waals surface area (Å²) in [5, 5.41) is 22.4. The predicted molar refractivity (Wildman–Crippen MR) is 166 cm³/mol. The van der Waals surface area contributed by atoms with E-state index in [4.69, 9.17) is 5.73 Å². The van der Waals surface area contributed by atoms with Crippen LogP contribution >= 0.6 is 39.0 Å². The van der Waals surface area contributed by atoms with Crippen LogP contribution in [0.1, 0.15) is 49.3 Å². The summed E-state index contributed by atoms with van der Waals surface area (Å²) in [7, 11) is 0. The summed E-state index contributed by atoms with van der Waals surface area (Å²) in [5.74, 6) is -0.297. The average Bonchev–Trinajstić information content (AvgIpc) is 3.36. The van der Waals surface area contributed by atoms with Crippen molar-refractivity contribution in [2.24, 2.45) is 11.1 Å². The number of anilines is 2. The van der Waals surface area contributed by atoms with E-state index in [0.717, 1.165) is 32.5 Å². The number of benzene rings is 2. The number of carbonyl (C=O) groups excluding carboxylic acids is 2. The first-order chi connectivity index (χ1) is 19.5. The molecule has 1 amide bonds. The number of nitriles is 1. The Morgan fingerprint density at radius 3 is 2.73 bits per heavy atom. The Morgan fingerprint density at radius 2 is 2.02 bits per heavy atom. The van der Waals surface area contributed by atoms with Crippen LogP contribution in [-0.4, -0.2) is 27.6 Å². The fourth-order valence-corrected chi connectivity index (χ4v) is 7.50. The first kappa shape index (κ1) is 29.0. The van der Waals surface area contributed by atoms with Gasteiger partial charge in [0, 0.05) is 27.9 Å². The van der Waals surface area contributed by atoms with Crippen molar-refractivity contribution >= 4 is 61.5 Å². The van der Waals surface area contributed by atoms with E-state index >= 15 is 0 Å². The Kier molecular flexibility index (Phi) is 8.10. The molecule has 2 aliphatic rings. The van der Waals surface area contributed by atoms with Gasteiger partial charge in [-0.25, -0.2) is 0 Å². The van der Waals surface area contributed by atoms with Crippen molar-refractivity contribution in [1.82, 2.24) is 10.2 Å². The molecule has 1 aromatic heterocycles. The third-order valence-corrected chi connectivity index (χ3v) is 9.67. The molecule has 1 unspecified atom stereocenters. The average molecular weight is 650 g/mol. The fourth-order valence-electron chi connectivity index (χ4n) is 5.34. The van der Waals surface area contributed by atoms with Gasteiger partial charge in [-0.05, 0) is 55.0 Å². The van der Waals surface area contributed by atoms with Crippen LogP contribution < -0.4 is 16.0 Å². The highest BCUT2D eigenvalue weighted by Gasteiger charge is 2.45. The van der Waals surface area contributed by atoms with Crippen molar-refractivity contribution in [2.45, 2.75) is 50.8 Å². The molecule has 41 heavy (non-hydrogen) atoms. The quantitative estimate of drug-likeness (QED) is 0.287. The van der Waals surface area contributed by atoms with E-state index in [9.17, 15) is 14.9 Å². The van der Waals surface area contributed by atoms with Crippen molar-refractivity contribution in [1.29, 1.82) is 5.26 Å². The van der Waals surface area contributed by atoms with E-state index in [1.807, 2.05) is 56.3 Å². The molecule has 5 rings (SSSR count). The van der Waals surface area contributed by atoms with Crippen LogP contribution in [0, 0.1) is 30.6 Å². The number of nitrogens with two attached hydrogens (primary N) is 1. The summed E-state index contributed by atoms with van der Waals surface area (Å²) in [5.41, 5.74) is 11.7. The standard InChI is InChI=1S/C30H29BrN6O2S2/c1-16-6-5-7-18(10-16)25-20(14-32)27(33)37(22-12-30(3,4)13-23(38)26(22)25)28-35-36-29(41-28)40-15-24(39)34-21-9-8-19(31)11-17(21)2/h5-11,25H,12-13,15,33H2,1-4H3,(H,34,39). The van der Waals surface area contributed by atoms with Crippen molar-refractivity contribution < 1.29 is 9.59 Å². The molecule has 0 bridgehead atoms. The molecule has 0 fully saturated rings. The molecule has 0 spiro atoms. The first-order valence-electron chi connectivity index (χ1n) is 13.0. The zero-order chi connectivity index (χ0) is 29.5. The number of nitrogens with zero attached hydrogens (tertiary/aromatic N) is 4. The zero-order valence-electron chi connectivity index (χ0n) is 23.1. The van der Waals surface area contributed by atoms with Crippen LogP contribution in [0.15, 0.2) is 73.9 Å². The largest absolute Gasteiger partial charge is 0.384 e. The van der Waals surface area contributed by atoms with E-state index in [1.165, 1.54) is 23.1 Å². The fraction of sp³-hybridized carbons (Fsp3) is 0.300. The molecule has 3 N–H and O–H groups in total. The van der Waals surface area contributed by atoms with Crippen LogP contribution in [-0.2, 0) is 9.59 Å². The molecule has 11 heteroatoms. The summed E-state index contributed by atoms with van der Waals surface area (Å²) in [6.45, 7) is 8.03. The van der Waals surface area contributed by atoms with Gasteiger partial charge in [-0.3, -0.25) is 14.5 Å². The Labute approximate surface area is 255 Å². The number of hydrogen-bond acceptors (Lipinski definition) is 9. The van der Waals surface area contributed by atoms with Gasteiger partial charge in [0.25, 0.3) is 0 Å². The highest BCUT2D eigenvalue weighted by Crippen LogP contribution is 2.50. The molecular formula is C30H29BrN6O2S2. The minimum absolute atomic E-state index is 0.00651. The molecule has 0 radical (unpaired) electrons. The number of nitrogens with one attached hydrogen (secondary N) is 1. The lowest BCUT2D eigenvalue weighted by atomic mass is 9.68. The van der Waals surface area contributed by atoms with Gasteiger partial charge < -0.3 is 11.1 Å². The molecule has 8 nitrogen and oxygen atoms in total. The van der Waals surface area contributed by atoms with E-state index in [0.29, 0.717) is 33.5 Å². The number of aromatic nitrogens is 2. The van der Waals surface area contributed by atoms with Crippen molar-refractivity contribution in [3.05, 3.63) is 86.3 Å². The second-order valence-corrected chi connectivity index (χ2v) is 14.1. The third-order valence-electron chi connectivity index (χ3n) is 7.13. The van der Waals surface area contributed by atoms with E-state index in [-0.39, 0.29) is 28.7 Å². The van der Waals surface area contributed by atoms with Crippen molar-refractivity contribution in [2.75, 3.05) is 16.0 Å². The van der Waals surface area contributed by atoms with Crippen LogP contribution in [0.3, 0.4) is 0 Å². The number of allylic oxidation sites excluding steroid dienone is 3. The predicted octanol–water partition coefficient (Wildman–Crippen LogP) is 6.59. The molecule has 1 aliphatic carbocycles. The van der Waals surface area contributed by atoms with Gasteiger partial charge in [0.2, 0.25) is 11.0 Å². The summed E-state index contributed by atoms with van der Waals surface area (Å²) in [4.78, 5) is 28.1. The number of carbonyl (C=O) groups is 2. The molecule has 0 saturated carbocycles. The Hall–Kier alpha value is -3.46. The van der Waals surface area contributed by atoms with Gasteiger partial charge in [0.05, 0.1) is 23.3 Å². The molecule has 0 saturated heterocycles. The maximum Gasteiger partial charge on any atom is 0.234 e. The number of hydrogen-bond donors (Lipinski definition) is 2. The highest BCUT2D eigenvalue weighted by atomic mass is 79.9. The number of ketones is 1. The number of rotatable bonds is 6. The number of Topliss-reactive ketones (excluding diaryl/α,β-unsaturated/α-hetero) is 1. The minimum atomic E-state index is -0.540. The number of thioether (sulfide) groups is 1. The normalized spacial score (nSPS) is 18.3. The minimum Gasteiger partial charge on any atom is -0.384 e. The smallest absolute Gasteiger partial charge is 0.234 e. The molecule has 2 aromatic carbocycles. The van der Waals surface area contributed by atoms with Gasteiger partial charge in [0.1, 0.15) is 5.82 Å². The highest BCUT2D eigenvalue weighted by molar-refractivity contribution is 9.10. The topological polar surface area (TPSA) is 125 Å². The number of halogens is 1. The molecule has 1 atom stereocenters. The molecule has 1 aliphatic heterocycles. The van der Waals surface area contributed by atoms with Crippen molar-refractivity contribution in [3.63, 3.8) is 0 Å². The molecule has 2 heterocycles. The number of aryl methyl sites for hydroxylation is 2. The van der Waals surface area contributed by atoms with Gasteiger partial charge in [0.15, 0.2) is 10.1 Å². The summed E-state index contributed by atoms with van der Waals surface area (Å²) in [6.07, 6.45) is 0.970. The van der Waals surface area contributed by atoms with E-state index in [1.54, 1.807) is 4.90 Å². The monoisotopic (exact) mass is 648 g/mol. The van der Waals surface area contributed by atoms with Crippen molar-refractivity contribution in [3.8, 4) is 6.07 Å². The van der Waals surface area contributed by atoms with Crippen LogP contribution in [0.5, 0.6) is 0 Å². The van der Waals surface area contributed by atoms with Crippen LogP contribution in [0.2, 0.25) is 0 Å². The van der Waals surface area contributed by atoms with Crippen LogP contribution in [0.25, 0.3) is 0 Å². The van der Waals surface area contributed by atoms with Gasteiger partial charge in [-0.15, -0.1) is 10.2 Å². The second kappa shape index (κ2) is 11.4. The van der Waals surface area contributed by atoms with Gasteiger partial charge >= 0.3 is 0 Å². The lowest BCUT2D eigenvalue weighted by Crippen LogP contribution is -2.42. The molecular weight excluding hydrogens is 620 g/mol. The Bertz CT molecular complexity index is 1670. The molecule has 210 valence electrons. The maximum atomic E-state index is 13.7. The van der Waals surface area contributed by atoms with Crippen LogP contribution in [0.4, 0.5) is 10.8 Å². The molecule has 3 aromatic rings. The zero-order valence-corrected chi connectivity index (χ0v) is 26.3. The van der Waals surface area contributed by atoms with E-state index < -0.39 is 5.92 Å². The summed E-state index contributed by atoms with van der Waals surface area (Å²) < 4.78 is 1.53. The SMILES string of the molecule is Cc1cccc(C2C(C#N)=C(N)N(c3nnc(SCC(=O)Nc4ccc(Br)cc4C)s3)C3=C2C(=O)CC(C)(C)C3)c1.